The average Bonchev–Trinajstić information content (AvgIpc) is 2.70. The molecule has 1 aliphatic carbocycles. The predicted octanol–water partition coefficient (Wildman–Crippen LogP) is 5.40. The lowest BCUT2D eigenvalue weighted by molar-refractivity contribution is -0.143. The summed E-state index contributed by atoms with van der Waals surface area (Å²) in [6.45, 7) is 8.10. The Labute approximate surface area is 178 Å². The van der Waals surface area contributed by atoms with Crippen molar-refractivity contribution in [3.05, 3.63) is 11.8 Å². The molecule has 29 heavy (non-hydrogen) atoms. The van der Waals surface area contributed by atoms with E-state index in [4.69, 9.17) is 19.3 Å². The van der Waals surface area contributed by atoms with Gasteiger partial charge in [0.05, 0.1) is 25.1 Å². The summed E-state index contributed by atoms with van der Waals surface area (Å²) in [5.74, 6) is 2.09. The van der Waals surface area contributed by atoms with Crippen molar-refractivity contribution in [2.45, 2.75) is 97.5 Å². The fourth-order valence-electron chi connectivity index (χ4n) is 4.21. The van der Waals surface area contributed by atoms with Gasteiger partial charge in [0.25, 0.3) is 0 Å². The lowest BCUT2D eigenvalue weighted by Gasteiger charge is -2.33. The van der Waals surface area contributed by atoms with E-state index in [-0.39, 0.29) is 12.1 Å². The predicted molar refractivity (Wildman–Crippen MR) is 117 cm³/mol. The summed E-state index contributed by atoms with van der Waals surface area (Å²) in [6.07, 6.45) is 13.8. The number of allylic oxidation sites excluding steroid dienone is 2. The van der Waals surface area contributed by atoms with Crippen molar-refractivity contribution < 1.29 is 24.1 Å². The number of carbonyl (C=O) groups excluding carboxylic acids is 1. The van der Waals surface area contributed by atoms with Gasteiger partial charge in [-0.15, -0.1) is 0 Å². The molecule has 1 N–H and O–H groups in total. The molecule has 0 saturated heterocycles. The third kappa shape index (κ3) is 11.6. The van der Waals surface area contributed by atoms with Gasteiger partial charge in [-0.3, -0.25) is 4.79 Å². The lowest BCUT2D eigenvalue weighted by atomic mass is 9.76. The molecule has 0 saturated carbocycles. The maximum absolute atomic E-state index is 11.5. The monoisotopic (exact) mass is 412 g/mol. The molecule has 0 aliphatic heterocycles. The quantitative estimate of drug-likeness (QED) is 0.256. The minimum atomic E-state index is -0.142. The van der Waals surface area contributed by atoms with Crippen LogP contribution in [0.4, 0.5) is 0 Å². The van der Waals surface area contributed by atoms with E-state index >= 15 is 0 Å². The van der Waals surface area contributed by atoms with Gasteiger partial charge in [0.1, 0.15) is 0 Å². The van der Waals surface area contributed by atoms with Crippen LogP contribution in [0.2, 0.25) is 0 Å². The molecule has 0 amide bonds. The first-order chi connectivity index (χ1) is 14.1. The van der Waals surface area contributed by atoms with Gasteiger partial charge in [0.15, 0.2) is 0 Å². The highest BCUT2D eigenvalue weighted by molar-refractivity contribution is 5.69. The number of esters is 1. The standard InChI is InChI=1S/C24H44O5/c1-4-27-20(3)16-17-22-21(12-8-6-7-9-18-25)13-10-14-23(22)29-19-11-15-24(26)28-5-2/h14,20-22,25H,4-13,15-19H2,1-3H3. The second kappa shape index (κ2) is 16.7. The molecule has 170 valence electrons. The molecule has 5 nitrogen and oxygen atoms in total. The van der Waals surface area contributed by atoms with E-state index in [1.165, 1.54) is 25.7 Å². The molecule has 0 fully saturated rings. The number of carbonyl (C=O) groups is 1. The fraction of sp³-hybridized carbons (Fsp3) is 0.875. The number of rotatable bonds is 17. The normalized spacial score (nSPS) is 20.2. The zero-order valence-corrected chi connectivity index (χ0v) is 19.0. The van der Waals surface area contributed by atoms with Crippen molar-refractivity contribution in [1.29, 1.82) is 0 Å². The molecule has 1 rings (SSSR count). The van der Waals surface area contributed by atoms with Crippen molar-refractivity contribution >= 4 is 5.97 Å². The van der Waals surface area contributed by atoms with E-state index in [1.54, 1.807) is 0 Å². The van der Waals surface area contributed by atoms with E-state index in [9.17, 15) is 4.79 Å². The fourth-order valence-corrected chi connectivity index (χ4v) is 4.21. The van der Waals surface area contributed by atoms with Gasteiger partial charge in [0.2, 0.25) is 0 Å². The molecular formula is C24H44O5. The smallest absolute Gasteiger partial charge is 0.305 e. The first-order valence-electron chi connectivity index (χ1n) is 11.8. The SMILES string of the molecule is CCOC(=O)CCCOC1=CCCC(CCCCCCO)C1CCC(C)OCC. The Bertz CT molecular complexity index is 449. The summed E-state index contributed by atoms with van der Waals surface area (Å²) in [7, 11) is 0. The molecule has 5 heteroatoms. The Balaban J connectivity index is 2.54. The number of hydrogen-bond acceptors (Lipinski definition) is 5. The van der Waals surface area contributed by atoms with Crippen LogP contribution in [-0.4, -0.2) is 43.6 Å². The maximum Gasteiger partial charge on any atom is 0.305 e. The average molecular weight is 413 g/mol. The second-order valence-corrected chi connectivity index (χ2v) is 8.08. The summed E-state index contributed by atoms with van der Waals surface area (Å²) >= 11 is 0. The highest BCUT2D eigenvalue weighted by atomic mass is 16.5. The number of unbranched alkanes of at least 4 members (excludes halogenated alkanes) is 3. The summed E-state index contributed by atoms with van der Waals surface area (Å²) in [5, 5.41) is 8.96. The topological polar surface area (TPSA) is 65.0 Å². The number of hydrogen-bond donors (Lipinski definition) is 1. The van der Waals surface area contributed by atoms with Crippen LogP contribution >= 0.6 is 0 Å². The van der Waals surface area contributed by atoms with Crippen LogP contribution in [0.3, 0.4) is 0 Å². The van der Waals surface area contributed by atoms with Crippen LogP contribution in [0.1, 0.15) is 91.4 Å². The van der Waals surface area contributed by atoms with E-state index in [0.717, 1.165) is 44.5 Å². The van der Waals surface area contributed by atoms with Gasteiger partial charge in [0, 0.05) is 25.6 Å². The molecule has 3 atom stereocenters. The van der Waals surface area contributed by atoms with Crippen LogP contribution in [0.15, 0.2) is 11.8 Å². The van der Waals surface area contributed by atoms with Crippen molar-refractivity contribution in [3.8, 4) is 0 Å². The van der Waals surface area contributed by atoms with E-state index in [0.29, 0.717) is 44.5 Å². The van der Waals surface area contributed by atoms with Gasteiger partial charge in [-0.05, 0) is 77.7 Å². The molecule has 0 aromatic carbocycles. The Morgan fingerprint density at radius 2 is 1.93 bits per heavy atom. The molecule has 1 aliphatic rings. The Morgan fingerprint density at radius 1 is 1.14 bits per heavy atom. The van der Waals surface area contributed by atoms with Crippen LogP contribution in [0.25, 0.3) is 0 Å². The van der Waals surface area contributed by atoms with Gasteiger partial charge in [-0.1, -0.05) is 19.3 Å². The second-order valence-electron chi connectivity index (χ2n) is 8.08. The van der Waals surface area contributed by atoms with Gasteiger partial charge in [-0.25, -0.2) is 0 Å². The van der Waals surface area contributed by atoms with Crippen molar-refractivity contribution in [2.24, 2.45) is 11.8 Å². The van der Waals surface area contributed by atoms with Gasteiger partial charge < -0.3 is 19.3 Å². The first-order valence-corrected chi connectivity index (χ1v) is 11.8. The highest BCUT2D eigenvalue weighted by Crippen LogP contribution is 2.38. The van der Waals surface area contributed by atoms with Gasteiger partial charge >= 0.3 is 5.97 Å². The molecule has 0 spiro atoms. The largest absolute Gasteiger partial charge is 0.498 e. The van der Waals surface area contributed by atoms with E-state index in [2.05, 4.69) is 13.0 Å². The third-order valence-electron chi connectivity index (χ3n) is 5.74. The maximum atomic E-state index is 11.5. The van der Waals surface area contributed by atoms with Crippen molar-refractivity contribution in [1.82, 2.24) is 0 Å². The van der Waals surface area contributed by atoms with E-state index in [1.807, 2.05) is 13.8 Å². The van der Waals surface area contributed by atoms with Crippen LogP contribution < -0.4 is 0 Å². The van der Waals surface area contributed by atoms with Gasteiger partial charge in [-0.2, -0.15) is 0 Å². The molecule has 3 unspecified atom stereocenters. The molecular weight excluding hydrogens is 368 g/mol. The molecule has 0 aromatic heterocycles. The molecule has 0 bridgehead atoms. The summed E-state index contributed by atoms with van der Waals surface area (Å²) < 4.78 is 16.9. The van der Waals surface area contributed by atoms with Crippen molar-refractivity contribution in [3.63, 3.8) is 0 Å². The zero-order chi connectivity index (χ0) is 21.3. The van der Waals surface area contributed by atoms with E-state index < -0.39 is 0 Å². The Hall–Kier alpha value is -1.07. The minimum Gasteiger partial charge on any atom is -0.498 e. The van der Waals surface area contributed by atoms with Crippen LogP contribution in [0.5, 0.6) is 0 Å². The zero-order valence-electron chi connectivity index (χ0n) is 19.0. The summed E-state index contributed by atoms with van der Waals surface area (Å²) in [4.78, 5) is 11.5. The summed E-state index contributed by atoms with van der Waals surface area (Å²) in [6, 6.07) is 0. The minimum absolute atomic E-state index is 0.142. The first kappa shape index (κ1) is 26.0. The Morgan fingerprint density at radius 3 is 2.66 bits per heavy atom. The van der Waals surface area contributed by atoms with Crippen molar-refractivity contribution in [2.75, 3.05) is 26.4 Å². The lowest BCUT2D eigenvalue weighted by Crippen LogP contribution is -2.24. The van der Waals surface area contributed by atoms with Crippen LogP contribution in [0, 0.1) is 11.8 Å². The third-order valence-corrected chi connectivity index (χ3v) is 5.74. The number of aliphatic hydroxyl groups is 1. The van der Waals surface area contributed by atoms with Crippen LogP contribution in [-0.2, 0) is 19.0 Å². The molecule has 0 radical (unpaired) electrons. The summed E-state index contributed by atoms with van der Waals surface area (Å²) in [5.41, 5.74) is 0. The Kier molecular flexibility index (Phi) is 15.0. The number of ether oxygens (including phenoxy) is 3. The highest BCUT2D eigenvalue weighted by Gasteiger charge is 2.29. The molecule has 0 aromatic rings. The molecule has 0 heterocycles. The number of aliphatic hydroxyl groups excluding tert-OH is 1.